The molecule has 1 aliphatic rings. The van der Waals surface area contributed by atoms with Crippen LogP contribution in [0, 0.1) is 0 Å². The van der Waals surface area contributed by atoms with Crippen molar-refractivity contribution in [2.45, 2.75) is 6.04 Å². The van der Waals surface area contributed by atoms with Crippen molar-refractivity contribution in [2.24, 2.45) is 5.73 Å². The van der Waals surface area contributed by atoms with E-state index in [-0.39, 0.29) is 18.4 Å². The lowest BCUT2D eigenvalue weighted by Crippen LogP contribution is -2.51. The Labute approximate surface area is 183 Å². The number of primary amides is 1. The Morgan fingerprint density at radius 1 is 1.17 bits per heavy atom. The van der Waals surface area contributed by atoms with E-state index >= 15 is 0 Å². The number of carbonyl (C=O) groups is 3. The Hall–Kier alpha value is -2.46. The van der Waals surface area contributed by atoms with E-state index in [9.17, 15) is 14.4 Å². The van der Waals surface area contributed by atoms with Gasteiger partial charge in [0.05, 0.1) is 19.2 Å². The highest BCUT2D eigenvalue weighted by molar-refractivity contribution is 7.14. The van der Waals surface area contributed by atoms with E-state index < -0.39 is 11.9 Å². The van der Waals surface area contributed by atoms with Gasteiger partial charge in [0.2, 0.25) is 5.91 Å². The van der Waals surface area contributed by atoms with Crippen LogP contribution in [0.2, 0.25) is 5.02 Å². The second kappa shape index (κ2) is 10.0. The Balaban J connectivity index is 1.58. The van der Waals surface area contributed by atoms with Gasteiger partial charge in [0, 0.05) is 31.2 Å². The van der Waals surface area contributed by atoms with Crippen molar-refractivity contribution in [3.8, 4) is 0 Å². The molecule has 2 heterocycles. The maximum atomic E-state index is 12.4. The van der Waals surface area contributed by atoms with E-state index in [4.69, 9.17) is 22.1 Å². The van der Waals surface area contributed by atoms with Gasteiger partial charge in [-0.3, -0.25) is 19.4 Å². The van der Waals surface area contributed by atoms with Crippen LogP contribution in [-0.4, -0.2) is 67.4 Å². The first-order valence-corrected chi connectivity index (χ1v) is 10.6. The van der Waals surface area contributed by atoms with Gasteiger partial charge in [-0.1, -0.05) is 23.7 Å². The minimum atomic E-state index is -0.573. The maximum absolute atomic E-state index is 12.4. The van der Waals surface area contributed by atoms with Crippen LogP contribution in [0.5, 0.6) is 0 Å². The van der Waals surface area contributed by atoms with Gasteiger partial charge in [-0.05, 0) is 29.1 Å². The molecule has 1 unspecified atom stereocenters. The SMILES string of the molecule is COC(=O)C(c1ccc(Cl)cc1)N1CCN(CC(=O)Nc2sccc2C(N)=O)CC1. The third-order valence-corrected chi connectivity index (χ3v) is 6.01. The van der Waals surface area contributed by atoms with Crippen molar-refractivity contribution in [1.29, 1.82) is 0 Å². The summed E-state index contributed by atoms with van der Waals surface area (Å²) in [6, 6.07) is 8.21. The summed E-state index contributed by atoms with van der Waals surface area (Å²) in [5.41, 5.74) is 6.43. The molecule has 8 nitrogen and oxygen atoms in total. The molecule has 1 aliphatic heterocycles. The van der Waals surface area contributed by atoms with E-state index in [1.165, 1.54) is 18.4 Å². The van der Waals surface area contributed by atoms with Crippen molar-refractivity contribution < 1.29 is 19.1 Å². The number of ether oxygens (including phenoxy) is 1. The van der Waals surface area contributed by atoms with Crippen LogP contribution >= 0.6 is 22.9 Å². The fraction of sp³-hybridized carbons (Fsp3) is 0.350. The summed E-state index contributed by atoms with van der Waals surface area (Å²) < 4.78 is 5.00. The third-order valence-electron chi connectivity index (χ3n) is 4.93. The van der Waals surface area contributed by atoms with Gasteiger partial charge in [0.1, 0.15) is 11.0 Å². The van der Waals surface area contributed by atoms with Crippen molar-refractivity contribution in [3.63, 3.8) is 0 Å². The van der Waals surface area contributed by atoms with Crippen molar-refractivity contribution in [1.82, 2.24) is 9.80 Å². The molecule has 0 spiro atoms. The molecule has 1 atom stereocenters. The second-order valence-corrected chi connectivity index (χ2v) is 8.22. The number of anilines is 1. The molecule has 0 bridgehead atoms. The predicted octanol–water partition coefficient (Wildman–Crippen LogP) is 1.97. The number of benzene rings is 1. The number of amides is 2. The zero-order valence-corrected chi connectivity index (χ0v) is 18.0. The molecule has 0 aliphatic carbocycles. The van der Waals surface area contributed by atoms with Crippen LogP contribution in [0.15, 0.2) is 35.7 Å². The first kappa shape index (κ1) is 22.2. The van der Waals surface area contributed by atoms with E-state index in [1.807, 2.05) is 21.9 Å². The van der Waals surface area contributed by atoms with E-state index in [0.29, 0.717) is 41.8 Å². The topological polar surface area (TPSA) is 105 Å². The van der Waals surface area contributed by atoms with Crippen LogP contribution in [0.25, 0.3) is 0 Å². The first-order valence-electron chi connectivity index (χ1n) is 9.36. The van der Waals surface area contributed by atoms with Crippen LogP contribution in [0.3, 0.4) is 0 Å². The predicted molar refractivity (Wildman–Crippen MR) is 116 cm³/mol. The highest BCUT2D eigenvalue weighted by Crippen LogP contribution is 2.26. The van der Waals surface area contributed by atoms with E-state index in [1.54, 1.807) is 23.6 Å². The monoisotopic (exact) mass is 450 g/mol. The van der Waals surface area contributed by atoms with Crippen LogP contribution < -0.4 is 11.1 Å². The largest absolute Gasteiger partial charge is 0.468 e. The van der Waals surface area contributed by atoms with E-state index in [0.717, 1.165) is 5.56 Å². The van der Waals surface area contributed by atoms with Crippen LogP contribution in [0.1, 0.15) is 22.0 Å². The summed E-state index contributed by atoms with van der Waals surface area (Å²) in [5, 5.41) is 5.51. The Morgan fingerprint density at radius 2 is 1.83 bits per heavy atom. The lowest BCUT2D eigenvalue weighted by Gasteiger charge is -2.38. The number of carbonyl (C=O) groups excluding carboxylic acids is 3. The first-order chi connectivity index (χ1) is 14.4. The number of thiophene rings is 1. The summed E-state index contributed by atoms with van der Waals surface area (Å²) in [6.45, 7) is 2.61. The van der Waals surface area contributed by atoms with Gasteiger partial charge in [-0.15, -0.1) is 11.3 Å². The average molecular weight is 451 g/mol. The quantitative estimate of drug-likeness (QED) is 0.625. The number of nitrogens with two attached hydrogens (primary N) is 1. The van der Waals surface area contributed by atoms with E-state index in [2.05, 4.69) is 5.32 Å². The van der Waals surface area contributed by atoms with Gasteiger partial charge >= 0.3 is 5.97 Å². The zero-order valence-electron chi connectivity index (χ0n) is 16.5. The van der Waals surface area contributed by atoms with Crippen molar-refractivity contribution in [3.05, 3.63) is 51.9 Å². The molecule has 1 aromatic heterocycles. The second-order valence-electron chi connectivity index (χ2n) is 6.87. The Morgan fingerprint density at radius 3 is 2.43 bits per heavy atom. The molecule has 2 amide bonds. The van der Waals surface area contributed by atoms with Gasteiger partial charge in [-0.25, -0.2) is 4.79 Å². The highest BCUT2D eigenvalue weighted by atomic mass is 35.5. The van der Waals surface area contributed by atoms with Crippen molar-refractivity contribution in [2.75, 3.05) is 45.2 Å². The molecule has 2 aromatic rings. The summed E-state index contributed by atoms with van der Waals surface area (Å²) in [6.07, 6.45) is 0. The molecular weight excluding hydrogens is 428 g/mol. The number of esters is 1. The standard InChI is InChI=1S/C20H23ClN4O4S/c1-29-20(28)17(13-2-4-14(21)5-3-13)25-9-7-24(8-10-25)12-16(26)23-19-15(18(22)27)6-11-30-19/h2-6,11,17H,7-10,12H2,1H3,(H2,22,27)(H,23,26). The van der Waals surface area contributed by atoms with Crippen LogP contribution in [-0.2, 0) is 14.3 Å². The van der Waals surface area contributed by atoms with Gasteiger partial charge < -0.3 is 15.8 Å². The number of methoxy groups -OCH3 is 1. The van der Waals surface area contributed by atoms with Crippen LogP contribution in [0.4, 0.5) is 5.00 Å². The fourth-order valence-electron chi connectivity index (χ4n) is 3.40. The smallest absolute Gasteiger partial charge is 0.327 e. The molecule has 0 radical (unpaired) electrons. The minimum Gasteiger partial charge on any atom is -0.468 e. The molecule has 30 heavy (non-hydrogen) atoms. The third kappa shape index (κ3) is 5.37. The molecule has 1 fully saturated rings. The number of halogens is 1. The molecule has 0 saturated carbocycles. The average Bonchev–Trinajstić information content (AvgIpc) is 3.19. The normalized spacial score (nSPS) is 16.1. The van der Waals surface area contributed by atoms with Gasteiger partial charge in [0.25, 0.3) is 5.91 Å². The number of rotatable bonds is 7. The summed E-state index contributed by atoms with van der Waals surface area (Å²) in [4.78, 5) is 40.2. The lowest BCUT2D eigenvalue weighted by molar-refractivity contribution is -0.148. The highest BCUT2D eigenvalue weighted by Gasteiger charge is 2.31. The van der Waals surface area contributed by atoms with Crippen molar-refractivity contribution >= 4 is 45.7 Å². The molecule has 3 N–H and O–H groups in total. The molecular formula is C20H23ClN4O4S. The molecule has 1 aromatic carbocycles. The summed E-state index contributed by atoms with van der Waals surface area (Å²) in [5.74, 6) is -1.12. The lowest BCUT2D eigenvalue weighted by atomic mass is 10.0. The number of hydrogen-bond acceptors (Lipinski definition) is 7. The number of nitrogens with zero attached hydrogens (tertiary/aromatic N) is 2. The zero-order chi connectivity index (χ0) is 21.7. The number of hydrogen-bond donors (Lipinski definition) is 2. The Kier molecular flexibility index (Phi) is 7.43. The molecule has 3 rings (SSSR count). The molecule has 1 saturated heterocycles. The summed E-state index contributed by atoms with van der Waals surface area (Å²) in [7, 11) is 1.37. The number of nitrogens with one attached hydrogen (secondary N) is 1. The van der Waals surface area contributed by atoms with Gasteiger partial charge in [0.15, 0.2) is 0 Å². The number of piperazine rings is 1. The summed E-state index contributed by atoms with van der Waals surface area (Å²) >= 11 is 7.22. The molecule has 10 heteroatoms. The maximum Gasteiger partial charge on any atom is 0.327 e. The Bertz CT molecular complexity index is 910. The van der Waals surface area contributed by atoms with Gasteiger partial charge in [-0.2, -0.15) is 0 Å². The molecule has 160 valence electrons. The fourth-order valence-corrected chi connectivity index (χ4v) is 4.34. The minimum absolute atomic E-state index is 0.188.